The number of nitrogens with zero attached hydrogens (tertiary/aromatic N) is 1. The van der Waals surface area contributed by atoms with Crippen molar-refractivity contribution in [1.29, 1.82) is 0 Å². The number of hydrogen-bond acceptors (Lipinski definition) is 3. The van der Waals surface area contributed by atoms with E-state index in [1.807, 2.05) is 19.2 Å². The zero-order valence-electron chi connectivity index (χ0n) is 13.8. The van der Waals surface area contributed by atoms with Gasteiger partial charge in [0.05, 0.1) is 6.10 Å². The minimum atomic E-state index is 0.294. The van der Waals surface area contributed by atoms with E-state index >= 15 is 0 Å². The molecule has 1 aromatic heterocycles. The van der Waals surface area contributed by atoms with Gasteiger partial charge in [-0.25, -0.2) is 0 Å². The van der Waals surface area contributed by atoms with E-state index in [1.54, 1.807) is 0 Å². The van der Waals surface area contributed by atoms with Crippen molar-refractivity contribution in [3.8, 4) is 0 Å². The number of nitrogens with one attached hydrogen (secondary N) is 1. The van der Waals surface area contributed by atoms with Gasteiger partial charge in [-0.15, -0.1) is 0 Å². The molecule has 0 unspecified atom stereocenters. The lowest BCUT2D eigenvalue weighted by atomic mass is 10.1. The average molecular weight is 332 g/mol. The van der Waals surface area contributed by atoms with E-state index in [1.165, 1.54) is 10.9 Å². The van der Waals surface area contributed by atoms with Crippen LogP contribution in [0.1, 0.15) is 31.1 Å². The van der Waals surface area contributed by atoms with Crippen LogP contribution in [-0.4, -0.2) is 36.3 Å². The van der Waals surface area contributed by atoms with Crippen LogP contribution < -0.4 is 5.32 Å². The fourth-order valence-corrected chi connectivity index (χ4v) is 3.21. The molecule has 1 atom stereocenters. The summed E-state index contributed by atoms with van der Waals surface area (Å²) in [7, 11) is 2.02. The van der Waals surface area contributed by atoms with Crippen molar-refractivity contribution < 1.29 is 9.15 Å². The van der Waals surface area contributed by atoms with Crippen molar-refractivity contribution in [3.05, 3.63) is 35.6 Å². The van der Waals surface area contributed by atoms with Crippen LogP contribution in [0, 0.1) is 0 Å². The molecular weight excluding hydrogens is 308 g/mol. The molecule has 1 fully saturated rings. The molecule has 0 spiro atoms. The number of benzene rings is 1. The molecule has 124 valence electrons. The third kappa shape index (κ3) is 3.67. The van der Waals surface area contributed by atoms with E-state index in [0.717, 1.165) is 55.4 Å². The Kier molecular flexibility index (Phi) is 5.18. The number of hydrogen-bond donors (Lipinski definition) is 1. The molecule has 1 N–H and O–H groups in total. The van der Waals surface area contributed by atoms with E-state index in [9.17, 15) is 0 Å². The number of ether oxygens (including phenoxy) is 1. The third-order valence-corrected chi connectivity index (χ3v) is 4.81. The predicted octanol–water partition coefficient (Wildman–Crippen LogP) is 3.48. The van der Waals surface area contributed by atoms with E-state index in [2.05, 4.69) is 29.3 Å². The maximum absolute atomic E-state index is 5.96. The average Bonchev–Trinajstić information content (AvgIpc) is 3.20. The number of thiocarbonyl (C=S) groups is 1. The number of rotatable bonds is 5. The maximum Gasteiger partial charge on any atom is 0.169 e. The summed E-state index contributed by atoms with van der Waals surface area (Å²) >= 11 is 5.52. The Balaban J connectivity index is 1.66. The molecule has 0 radical (unpaired) electrons. The van der Waals surface area contributed by atoms with Crippen LogP contribution in [-0.2, 0) is 17.7 Å². The molecule has 1 aromatic carbocycles. The van der Waals surface area contributed by atoms with Gasteiger partial charge in [0.15, 0.2) is 5.11 Å². The lowest BCUT2D eigenvalue weighted by Gasteiger charge is -2.22. The van der Waals surface area contributed by atoms with Crippen LogP contribution in [0.15, 0.2) is 28.7 Å². The van der Waals surface area contributed by atoms with Crippen molar-refractivity contribution in [1.82, 2.24) is 10.2 Å². The summed E-state index contributed by atoms with van der Waals surface area (Å²) in [5.74, 6) is 1.04. The normalized spacial score (nSPS) is 17.6. The zero-order valence-corrected chi connectivity index (χ0v) is 14.6. The molecule has 5 heteroatoms. The van der Waals surface area contributed by atoms with Gasteiger partial charge in [-0.2, -0.15) is 0 Å². The van der Waals surface area contributed by atoms with Gasteiger partial charge in [0.1, 0.15) is 11.3 Å². The quantitative estimate of drug-likeness (QED) is 0.849. The predicted molar refractivity (Wildman–Crippen MR) is 96.6 cm³/mol. The molecule has 23 heavy (non-hydrogen) atoms. The van der Waals surface area contributed by atoms with Crippen molar-refractivity contribution in [2.75, 3.05) is 20.2 Å². The largest absolute Gasteiger partial charge is 0.461 e. The van der Waals surface area contributed by atoms with Gasteiger partial charge in [0.2, 0.25) is 0 Å². The summed E-state index contributed by atoms with van der Waals surface area (Å²) in [6, 6.07) is 8.19. The van der Waals surface area contributed by atoms with Gasteiger partial charge in [-0.05, 0) is 31.1 Å². The first-order valence-corrected chi connectivity index (χ1v) is 8.69. The van der Waals surface area contributed by atoms with Crippen molar-refractivity contribution in [2.24, 2.45) is 0 Å². The first-order valence-electron chi connectivity index (χ1n) is 8.29. The second-order valence-electron chi connectivity index (χ2n) is 6.03. The summed E-state index contributed by atoms with van der Waals surface area (Å²) in [5.41, 5.74) is 2.18. The number of para-hydroxylation sites is 1. The Bertz CT molecular complexity index is 677. The summed E-state index contributed by atoms with van der Waals surface area (Å²) in [4.78, 5) is 2.07. The summed E-state index contributed by atoms with van der Waals surface area (Å²) in [6.45, 7) is 4.53. The first kappa shape index (κ1) is 16.3. The van der Waals surface area contributed by atoms with E-state index in [4.69, 9.17) is 21.4 Å². The molecule has 3 rings (SSSR count). The highest BCUT2D eigenvalue weighted by molar-refractivity contribution is 7.80. The molecule has 2 aromatic rings. The SMILES string of the molecule is CCc1oc2ccccc2c1CN(C)C(=S)NC[C@H]1CCCO1. The molecule has 1 aliphatic heterocycles. The molecule has 1 aliphatic rings. The third-order valence-electron chi connectivity index (χ3n) is 4.35. The van der Waals surface area contributed by atoms with Crippen LogP contribution in [0.5, 0.6) is 0 Å². The highest BCUT2D eigenvalue weighted by atomic mass is 32.1. The molecular formula is C18H24N2O2S. The van der Waals surface area contributed by atoms with Gasteiger partial charge >= 0.3 is 0 Å². The van der Waals surface area contributed by atoms with Crippen LogP contribution >= 0.6 is 12.2 Å². The van der Waals surface area contributed by atoms with E-state index in [-0.39, 0.29) is 0 Å². The van der Waals surface area contributed by atoms with Gasteiger partial charge in [-0.3, -0.25) is 0 Å². The molecule has 4 nitrogen and oxygen atoms in total. The lowest BCUT2D eigenvalue weighted by Crippen LogP contribution is -2.40. The van der Waals surface area contributed by atoms with E-state index < -0.39 is 0 Å². The van der Waals surface area contributed by atoms with Crippen molar-refractivity contribution >= 4 is 28.3 Å². The van der Waals surface area contributed by atoms with Crippen LogP contribution in [0.2, 0.25) is 0 Å². The Morgan fingerprint density at radius 3 is 2.96 bits per heavy atom. The summed E-state index contributed by atoms with van der Waals surface area (Å²) in [5, 5.41) is 5.26. The molecule has 0 bridgehead atoms. The first-order chi connectivity index (χ1) is 11.2. The molecule has 2 heterocycles. The number of furan rings is 1. The van der Waals surface area contributed by atoms with Gasteiger partial charge in [0, 0.05) is 44.1 Å². The zero-order chi connectivity index (χ0) is 16.2. The number of aryl methyl sites for hydroxylation is 1. The van der Waals surface area contributed by atoms with Gasteiger partial charge < -0.3 is 19.4 Å². The minimum Gasteiger partial charge on any atom is -0.461 e. The van der Waals surface area contributed by atoms with Crippen LogP contribution in [0.4, 0.5) is 0 Å². The van der Waals surface area contributed by atoms with Crippen molar-refractivity contribution in [3.63, 3.8) is 0 Å². The Morgan fingerprint density at radius 1 is 1.39 bits per heavy atom. The standard InChI is InChI=1S/C18H24N2O2S/c1-3-16-15(14-8-4-5-9-17(14)22-16)12-20(2)18(23)19-11-13-7-6-10-21-13/h4-5,8-9,13H,3,6-7,10-12H2,1-2H3,(H,19,23)/t13-/m1/s1. The highest BCUT2D eigenvalue weighted by Crippen LogP contribution is 2.27. The van der Waals surface area contributed by atoms with Gasteiger partial charge in [-0.1, -0.05) is 25.1 Å². The monoisotopic (exact) mass is 332 g/mol. The molecule has 0 amide bonds. The molecule has 1 saturated heterocycles. The second kappa shape index (κ2) is 7.32. The Hall–Kier alpha value is -1.59. The van der Waals surface area contributed by atoms with Gasteiger partial charge in [0.25, 0.3) is 0 Å². The lowest BCUT2D eigenvalue weighted by molar-refractivity contribution is 0.113. The van der Waals surface area contributed by atoms with Crippen LogP contribution in [0.3, 0.4) is 0 Å². The second-order valence-corrected chi connectivity index (χ2v) is 6.42. The maximum atomic E-state index is 5.96. The molecule has 0 saturated carbocycles. The molecule has 0 aliphatic carbocycles. The smallest absolute Gasteiger partial charge is 0.169 e. The fourth-order valence-electron chi connectivity index (χ4n) is 3.06. The number of fused-ring (bicyclic) bond motifs is 1. The topological polar surface area (TPSA) is 37.6 Å². The minimum absolute atomic E-state index is 0.294. The summed E-state index contributed by atoms with van der Waals surface area (Å²) in [6.07, 6.45) is 3.44. The summed E-state index contributed by atoms with van der Waals surface area (Å²) < 4.78 is 11.6. The van der Waals surface area contributed by atoms with E-state index in [0.29, 0.717) is 6.10 Å². The Morgan fingerprint density at radius 2 is 2.22 bits per heavy atom. The van der Waals surface area contributed by atoms with Crippen LogP contribution in [0.25, 0.3) is 11.0 Å². The highest BCUT2D eigenvalue weighted by Gasteiger charge is 2.18. The fraction of sp³-hybridized carbons (Fsp3) is 0.500. The van der Waals surface area contributed by atoms with Crippen molar-refractivity contribution in [2.45, 2.75) is 38.8 Å². The Labute approximate surface area is 142 Å².